The van der Waals surface area contributed by atoms with E-state index in [1.54, 1.807) is 18.2 Å². The van der Waals surface area contributed by atoms with E-state index in [2.05, 4.69) is 12.2 Å². The van der Waals surface area contributed by atoms with E-state index < -0.39 is 16.8 Å². The lowest BCUT2D eigenvalue weighted by atomic mass is 9.79. The van der Waals surface area contributed by atoms with E-state index in [1.807, 2.05) is 6.92 Å². The molecule has 1 aromatic rings. The number of para-hydroxylation sites is 1. The fourth-order valence-corrected chi connectivity index (χ4v) is 5.28. The fourth-order valence-electron chi connectivity index (χ4n) is 5.28. The summed E-state index contributed by atoms with van der Waals surface area (Å²) in [6.07, 6.45) is 12.9. The van der Waals surface area contributed by atoms with Gasteiger partial charge in [-0.3, -0.25) is 14.9 Å². The number of benzene rings is 1. The predicted molar refractivity (Wildman–Crippen MR) is 105 cm³/mol. The monoisotopic (exact) mass is 371 g/mol. The van der Waals surface area contributed by atoms with E-state index in [9.17, 15) is 20.0 Å². The Morgan fingerprint density at radius 3 is 2.59 bits per heavy atom. The van der Waals surface area contributed by atoms with Crippen molar-refractivity contribution in [2.75, 3.05) is 0 Å². The Kier molecular flexibility index (Phi) is 5.98. The van der Waals surface area contributed by atoms with Gasteiger partial charge in [0.2, 0.25) is 0 Å². The van der Waals surface area contributed by atoms with Gasteiger partial charge < -0.3 is 5.11 Å². The highest BCUT2D eigenvalue weighted by Crippen LogP contribution is 2.56. The minimum absolute atomic E-state index is 0.0172. The van der Waals surface area contributed by atoms with Crippen LogP contribution in [0, 0.1) is 27.4 Å². The maximum absolute atomic E-state index is 11.8. The second kappa shape index (κ2) is 8.24. The lowest BCUT2D eigenvalue weighted by Crippen LogP contribution is -2.22. The Bertz CT molecular complexity index is 719. The number of nitrogens with zero attached hydrogens (tertiary/aromatic N) is 1. The summed E-state index contributed by atoms with van der Waals surface area (Å²) in [6.45, 7) is 1.83. The van der Waals surface area contributed by atoms with Gasteiger partial charge in [-0.2, -0.15) is 0 Å². The van der Waals surface area contributed by atoms with Gasteiger partial charge in [0, 0.05) is 17.5 Å². The quantitative estimate of drug-likeness (QED) is 0.343. The van der Waals surface area contributed by atoms with Crippen molar-refractivity contribution >= 4 is 11.7 Å². The van der Waals surface area contributed by atoms with Crippen LogP contribution in [0.5, 0.6) is 0 Å². The molecule has 146 valence electrons. The van der Waals surface area contributed by atoms with Gasteiger partial charge in [-0.1, -0.05) is 37.3 Å². The number of carboxylic acid groups (broad SMARTS) is 1. The number of nitro benzene ring substituents is 1. The first-order valence-corrected chi connectivity index (χ1v) is 10.1. The average Bonchev–Trinajstić information content (AvgIpc) is 3.25. The van der Waals surface area contributed by atoms with Crippen LogP contribution in [0.25, 0.3) is 0 Å². The van der Waals surface area contributed by atoms with Crippen LogP contribution in [0.3, 0.4) is 0 Å². The summed E-state index contributed by atoms with van der Waals surface area (Å²) in [4.78, 5) is 22.8. The van der Waals surface area contributed by atoms with Crippen molar-refractivity contribution in [2.24, 2.45) is 17.3 Å². The van der Waals surface area contributed by atoms with Gasteiger partial charge in [0.05, 0.1) is 10.8 Å². The van der Waals surface area contributed by atoms with Gasteiger partial charge in [-0.15, -0.1) is 0 Å². The van der Waals surface area contributed by atoms with Crippen LogP contribution in [0.2, 0.25) is 0 Å². The van der Waals surface area contributed by atoms with Crippen molar-refractivity contribution in [3.8, 4) is 0 Å². The minimum Gasteiger partial charge on any atom is -0.481 e. The number of aliphatic carboxylic acids is 1. The first kappa shape index (κ1) is 19.6. The van der Waals surface area contributed by atoms with Crippen molar-refractivity contribution in [3.05, 3.63) is 52.1 Å². The average molecular weight is 371 g/mol. The molecule has 0 amide bonds. The first-order chi connectivity index (χ1) is 13.0. The summed E-state index contributed by atoms with van der Waals surface area (Å²) in [5.74, 6) is -0.990. The molecule has 0 saturated heterocycles. The third-order valence-electron chi connectivity index (χ3n) is 6.77. The molecule has 0 aliphatic heterocycles. The Morgan fingerprint density at radius 2 is 2.04 bits per heavy atom. The molecule has 27 heavy (non-hydrogen) atoms. The molecular formula is C22H29NO4. The molecular weight excluding hydrogens is 342 g/mol. The van der Waals surface area contributed by atoms with Gasteiger partial charge >= 0.3 is 5.97 Å². The molecule has 2 bridgehead atoms. The molecule has 0 radical (unpaired) electrons. The van der Waals surface area contributed by atoms with Gasteiger partial charge in [-0.05, 0) is 62.7 Å². The molecule has 3 rings (SSSR count). The smallest absolute Gasteiger partial charge is 0.307 e. The normalized spacial score (nSPS) is 26.3. The molecule has 2 fully saturated rings. The molecule has 2 unspecified atom stereocenters. The van der Waals surface area contributed by atoms with E-state index in [-0.39, 0.29) is 11.6 Å². The van der Waals surface area contributed by atoms with Crippen LogP contribution < -0.4 is 0 Å². The number of carbonyl (C=O) groups is 1. The highest BCUT2D eigenvalue weighted by atomic mass is 16.6. The zero-order chi connectivity index (χ0) is 19.4. The zero-order valence-corrected chi connectivity index (χ0v) is 16.0. The van der Waals surface area contributed by atoms with E-state index in [1.165, 1.54) is 38.2 Å². The molecule has 2 aliphatic rings. The van der Waals surface area contributed by atoms with E-state index in [0.717, 1.165) is 12.3 Å². The molecule has 0 heterocycles. The van der Waals surface area contributed by atoms with Crippen LogP contribution in [0.4, 0.5) is 5.69 Å². The predicted octanol–water partition coefficient (Wildman–Crippen LogP) is 5.71. The van der Waals surface area contributed by atoms with Gasteiger partial charge in [0.1, 0.15) is 0 Å². The van der Waals surface area contributed by atoms with Crippen molar-refractivity contribution < 1.29 is 14.8 Å². The Morgan fingerprint density at radius 1 is 1.33 bits per heavy atom. The van der Waals surface area contributed by atoms with E-state index >= 15 is 0 Å². The molecule has 1 aromatic carbocycles. The molecule has 2 atom stereocenters. The van der Waals surface area contributed by atoms with Crippen LogP contribution >= 0.6 is 0 Å². The second-order valence-corrected chi connectivity index (χ2v) is 8.33. The second-order valence-electron chi connectivity index (χ2n) is 8.33. The summed E-state index contributed by atoms with van der Waals surface area (Å²) in [6, 6.07) is 6.56. The van der Waals surface area contributed by atoms with Crippen LogP contribution in [-0.2, 0) is 4.79 Å². The third-order valence-corrected chi connectivity index (χ3v) is 6.77. The SMILES string of the molecule is CCC(C(=O)O)C(CC=CCC12CCC(CC1)C2)c1ccccc1[N+](=O)[O-]. The largest absolute Gasteiger partial charge is 0.481 e. The summed E-state index contributed by atoms with van der Waals surface area (Å²) in [7, 11) is 0. The number of nitro groups is 1. The fraction of sp³-hybridized carbons (Fsp3) is 0.591. The van der Waals surface area contributed by atoms with Crippen LogP contribution in [0.15, 0.2) is 36.4 Å². The maximum atomic E-state index is 11.8. The van der Waals surface area contributed by atoms with Gasteiger partial charge in [-0.25, -0.2) is 0 Å². The molecule has 2 saturated carbocycles. The highest BCUT2D eigenvalue weighted by Gasteiger charge is 2.43. The van der Waals surface area contributed by atoms with Crippen LogP contribution in [0.1, 0.15) is 69.8 Å². The lowest BCUT2D eigenvalue weighted by molar-refractivity contribution is -0.385. The zero-order valence-electron chi connectivity index (χ0n) is 16.0. The first-order valence-electron chi connectivity index (χ1n) is 10.1. The molecule has 1 N–H and O–H groups in total. The van der Waals surface area contributed by atoms with Gasteiger partial charge in [0.15, 0.2) is 0 Å². The Hall–Kier alpha value is -2.17. The van der Waals surface area contributed by atoms with Crippen molar-refractivity contribution in [2.45, 2.75) is 64.2 Å². The Labute approximate surface area is 160 Å². The molecule has 5 nitrogen and oxygen atoms in total. The Balaban J connectivity index is 1.77. The van der Waals surface area contributed by atoms with Crippen molar-refractivity contribution in [1.29, 1.82) is 0 Å². The number of hydrogen-bond donors (Lipinski definition) is 1. The standard InChI is InChI=1S/C22H29NO4/c1-2-17(21(24)25)18(19-8-3-4-9-20(19)23(26)27)7-5-6-12-22-13-10-16(15-22)11-14-22/h3-6,8-9,16-18H,2,7,10-15H2,1H3,(H,24,25). The summed E-state index contributed by atoms with van der Waals surface area (Å²) in [5, 5.41) is 21.1. The van der Waals surface area contributed by atoms with Gasteiger partial charge in [0.25, 0.3) is 5.69 Å². The molecule has 5 heteroatoms. The molecule has 0 aromatic heterocycles. The van der Waals surface area contributed by atoms with Crippen molar-refractivity contribution in [3.63, 3.8) is 0 Å². The number of allylic oxidation sites excluding steroid dienone is 2. The topological polar surface area (TPSA) is 80.4 Å². The van der Waals surface area contributed by atoms with E-state index in [4.69, 9.17) is 0 Å². The third kappa shape index (κ3) is 4.23. The maximum Gasteiger partial charge on any atom is 0.307 e. The molecule has 0 spiro atoms. The number of fused-ring (bicyclic) bond motifs is 2. The lowest BCUT2D eigenvalue weighted by Gasteiger charge is -2.25. The summed E-state index contributed by atoms with van der Waals surface area (Å²) >= 11 is 0. The molecule has 2 aliphatic carbocycles. The van der Waals surface area contributed by atoms with Crippen molar-refractivity contribution in [1.82, 2.24) is 0 Å². The summed E-state index contributed by atoms with van der Waals surface area (Å²) in [5.41, 5.74) is 1.01. The summed E-state index contributed by atoms with van der Waals surface area (Å²) < 4.78 is 0. The highest BCUT2D eigenvalue weighted by molar-refractivity contribution is 5.72. The number of hydrogen-bond acceptors (Lipinski definition) is 3. The van der Waals surface area contributed by atoms with Crippen LogP contribution in [-0.4, -0.2) is 16.0 Å². The number of carboxylic acids is 1. The van der Waals surface area contributed by atoms with E-state index in [0.29, 0.717) is 23.8 Å². The number of rotatable bonds is 9. The minimum atomic E-state index is -0.887.